The van der Waals surface area contributed by atoms with E-state index >= 15 is 0 Å². The van der Waals surface area contributed by atoms with Crippen LogP contribution in [0.5, 0.6) is 11.5 Å². The second-order valence-corrected chi connectivity index (χ2v) is 8.85. The molecule has 5 rings (SSSR count). The molecule has 1 atom stereocenters. The normalized spacial score (nSPS) is 16.9. The quantitative estimate of drug-likeness (QED) is 0.218. The lowest BCUT2D eigenvalue weighted by atomic mass is 9.94. The Labute approximate surface area is 214 Å². The Morgan fingerprint density at radius 2 is 1.62 bits per heavy atom. The smallest absolute Gasteiger partial charge is 0.295 e. The van der Waals surface area contributed by atoms with E-state index in [0.29, 0.717) is 30.8 Å². The number of nitrogens with zero attached hydrogens (tertiary/aromatic N) is 3. The average molecular weight is 498 g/mol. The number of hydrogen-bond acceptors (Lipinski definition) is 6. The highest BCUT2D eigenvalue weighted by molar-refractivity contribution is 6.46. The Balaban J connectivity index is 1.55. The van der Waals surface area contributed by atoms with E-state index in [1.807, 2.05) is 53.2 Å². The highest BCUT2D eigenvalue weighted by atomic mass is 16.5. The van der Waals surface area contributed by atoms with E-state index in [1.54, 1.807) is 49.8 Å². The molecule has 1 unspecified atom stereocenters. The van der Waals surface area contributed by atoms with Gasteiger partial charge in [-0.25, -0.2) is 4.98 Å². The molecule has 0 aliphatic carbocycles. The molecule has 1 saturated heterocycles. The third-order valence-electron chi connectivity index (χ3n) is 6.67. The summed E-state index contributed by atoms with van der Waals surface area (Å²) in [6.07, 6.45) is 5.88. The van der Waals surface area contributed by atoms with Crippen LogP contribution >= 0.6 is 0 Å². The maximum Gasteiger partial charge on any atom is 0.295 e. The van der Waals surface area contributed by atoms with Crippen LogP contribution in [-0.4, -0.2) is 52.0 Å². The maximum absolute atomic E-state index is 13.3. The van der Waals surface area contributed by atoms with Crippen molar-refractivity contribution in [1.29, 1.82) is 0 Å². The number of amides is 1. The molecule has 1 aliphatic rings. The number of carbonyl (C=O) groups is 2. The van der Waals surface area contributed by atoms with Crippen LogP contribution in [0.2, 0.25) is 0 Å². The topological polar surface area (TPSA) is 93.9 Å². The number of fused-ring (bicyclic) bond motifs is 1. The zero-order valence-electron chi connectivity index (χ0n) is 20.6. The van der Waals surface area contributed by atoms with Gasteiger partial charge in [0.05, 0.1) is 32.2 Å². The van der Waals surface area contributed by atoms with Gasteiger partial charge in [-0.2, -0.15) is 0 Å². The second kappa shape index (κ2) is 10.2. The fourth-order valence-corrected chi connectivity index (χ4v) is 4.74. The average Bonchev–Trinajstić information content (AvgIpc) is 3.54. The minimum absolute atomic E-state index is 0.0747. The SMILES string of the molecule is COc1ccc(C2/C(=C(\O)c3ccc4cc(OC)ccc4c3)C(=O)C(=O)N2CCCn2ccnc2)cc1. The number of aliphatic hydroxyl groups excluding tert-OH is 1. The molecule has 1 fully saturated rings. The molecular formula is C29H27N3O5. The van der Waals surface area contributed by atoms with Crippen molar-refractivity contribution in [2.45, 2.75) is 19.0 Å². The van der Waals surface area contributed by atoms with Gasteiger partial charge in [0.25, 0.3) is 11.7 Å². The number of methoxy groups -OCH3 is 2. The Bertz CT molecular complexity index is 1480. The first-order valence-electron chi connectivity index (χ1n) is 12.0. The predicted molar refractivity (Wildman–Crippen MR) is 139 cm³/mol. The summed E-state index contributed by atoms with van der Waals surface area (Å²) in [7, 11) is 3.18. The van der Waals surface area contributed by atoms with E-state index in [-0.39, 0.29) is 11.3 Å². The van der Waals surface area contributed by atoms with Gasteiger partial charge in [0.2, 0.25) is 0 Å². The summed E-state index contributed by atoms with van der Waals surface area (Å²) in [4.78, 5) is 32.1. The van der Waals surface area contributed by atoms with Gasteiger partial charge in [-0.3, -0.25) is 9.59 Å². The number of Topliss-reactive ketones (excluding diaryl/α,β-unsaturated/α-hetero) is 1. The fourth-order valence-electron chi connectivity index (χ4n) is 4.74. The van der Waals surface area contributed by atoms with Gasteiger partial charge >= 0.3 is 0 Å². The number of rotatable bonds is 8. The highest BCUT2D eigenvalue weighted by Crippen LogP contribution is 2.40. The lowest BCUT2D eigenvalue weighted by molar-refractivity contribution is -0.139. The van der Waals surface area contributed by atoms with E-state index in [2.05, 4.69) is 4.98 Å². The van der Waals surface area contributed by atoms with Crippen molar-refractivity contribution in [2.24, 2.45) is 0 Å². The highest BCUT2D eigenvalue weighted by Gasteiger charge is 2.45. The van der Waals surface area contributed by atoms with Crippen LogP contribution in [0, 0.1) is 0 Å². The van der Waals surface area contributed by atoms with Crippen molar-refractivity contribution in [3.8, 4) is 11.5 Å². The van der Waals surface area contributed by atoms with Gasteiger partial charge in [-0.15, -0.1) is 0 Å². The number of aryl methyl sites for hydroxylation is 1. The van der Waals surface area contributed by atoms with Crippen LogP contribution in [0.3, 0.4) is 0 Å². The van der Waals surface area contributed by atoms with Crippen LogP contribution in [0.25, 0.3) is 16.5 Å². The molecule has 188 valence electrons. The molecule has 37 heavy (non-hydrogen) atoms. The number of ether oxygens (including phenoxy) is 2. The number of benzene rings is 3. The number of carbonyl (C=O) groups excluding carboxylic acids is 2. The van der Waals surface area contributed by atoms with Gasteiger partial charge in [-0.05, 0) is 53.1 Å². The van der Waals surface area contributed by atoms with E-state index in [0.717, 1.165) is 22.1 Å². The Morgan fingerprint density at radius 1 is 0.919 bits per heavy atom. The molecule has 0 bridgehead atoms. The molecule has 1 N–H and O–H groups in total. The van der Waals surface area contributed by atoms with Crippen molar-refractivity contribution in [3.63, 3.8) is 0 Å². The number of aliphatic hydroxyl groups is 1. The van der Waals surface area contributed by atoms with E-state index < -0.39 is 17.7 Å². The molecule has 4 aromatic rings. The van der Waals surface area contributed by atoms with Crippen molar-refractivity contribution in [1.82, 2.24) is 14.5 Å². The predicted octanol–water partition coefficient (Wildman–Crippen LogP) is 4.57. The summed E-state index contributed by atoms with van der Waals surface area (Å²) in [5.74, 6) is -0.139. The third-order valence-corrected chi connectivity index (χ3v) is 6.67. The van der Waals surface area contributed by atoms with Gasteiger partial charge in [-0.1, -0.05) is 30.3 Å². The summed E-state index contributed by atoms with van der Waals surface area (Å²) in [5, 5.41) is 13.2. The summed E-state index contributed by atoms with van der Waals surface area (Å²) < 4.78 is 12.5. The first-order valence-corrected chi connectivity index (χ1v) is 12.0. The molecule has 8 heteroatoms. The molecule has 1 amide bonds. The Hall–Kier alpha value is -4.59. The number of likely N-dealkylation sites (tertiary alicyclic amines) is 1. The van der Waals surface area contributed by atoms with Crippen LogP contribution in [0.1, 0.15) is 23.6 Å². The van der Waals surface area contributed by atoms with Crippen molar-refractivity contribution < 1.29 is 24.2 Å². The molecule has 3 aromatic carbocycles. The first-order chi connectivity index (χ1) is 18.0. The standard InChI is InChI=1S/C29H27N3O5/c1-36-23-9-6-19(7-10-23)26-25(28(34)29(35)32(26)14-3-13-31-15-12-30-18-31)27(33)22-5-4-21-17-24(37-2)11-8-20(21)16-22/h4-12,15-18,26,33H,3,13-14H2,1-2H3/b27-25+. The maximum atomic E-state index is 13.3. The molecule has 2 heterocycles. The number of ketones is 1. The number of imidazole rings is 1. The minimum atomic E-state index is -0.722. The molecule has 8 nitrogen and oxygen atoms in total. The number of hydrogen-bond donors (Lipinski definition) is 1. The van der Waals surface area contributed by atoms with Gasteiger partial charge in [0.15, 0.2) is 0 Å². The number of aromatic nitrogens is 2. The monoisotopic (exact) mass is 497 g/mol. The summed E-state index contributed by atoms with van der Waals surface area (Å²) in [6.45, 7) is 0.986. The summed E-state index contributed by atoms with van der Waals surface area (Å²) >= 11 is 0. The molecule has 1 aliphatic heterocycles. The van der Waals surface area contributed by atoms with Crippen LogP contribution in [0.15, 0.2) is 85.0 Å². The van der Waals surface area contributed by atoms with Crippen LogP contribution in [-0.2, 0) is 16.1 Å². The third kappa shape index (κ3) is 4.65. The van der Waals surface area contributed by atoms with Crippen molar-refractivity contribution in [2.75, 3.05) is 20.8 Å². The second-order valence-electron chi connectivity index (χ2n) is 8.85. The van der Waals surface area contributed by atoms with Gasteiger partial charge in [0, 0.05) is 31.0 Å². The lowest BCUT2D eigenvalue weighted by Crippen LogP contribution is -2.31. The van der Waals surface area contributed by atoms with E-state index in [9.17, 15) is 14.7 Å². The molecular weight excluding hydrogens is 470 g/mol. The van der Waals surface area contributed by atoms with E-state index in [4.69, 9.17) is 9.47 Å². The van der Waals surface area contributed by atoms with Crippen LogP contribution < -0.4 is 9.47 Å². The summed E-state index contributed by atoms with van der Waals surface area (Å²) in [6, 6.07) is 17.5. The first kappa shape index (κ1) is 24.1. The minimum Gasteiger partial charge on any atom is -0.507 e. The summed E-state index contributed by atoms with van der Waals surface area (Å²) in [5.41, 5.74) is 1.26. The van der Waals surface area contributed by atoms with Crippen LogP contribution in [0.4, 0.5) is 0 Å². The van der Waals surface area contributed by atoms with Crippen molar-refractivity contribution >= 4 is 28.2 Å². The van der Waals surface area contributed by atoms with Gasteiger partial charge < -0.3 is 24.0 Å². The Morgan fingerprint density at radius 3 is 2.32 bits per heavy atom. The fraction of sp³-hybridized carbons (Fsp3) is 0.207. The molecule has 1 aromatic heterocycles. The zero-order valence-corrected chi connectivity index (χ0v) is 20.6. The lowest BCUT2D eigenvalue weighted by Gasteiger charge is -2.25. The van der Waals surface area contributed by atoms with Gasteiger partial charge in [0.1, 0.15) is 17.3 Å². The molecule has 0 saturated carbocycles. The molecule has 0 spiro atoms. The van der Waals surface area contributed by atoms with E-state index in [1.165, 1.54) is 0 Å². The largest absolute Gasteiger partial charge is 0.507 e. The zero-order chi connectivity index (χ0) is 25.9. The van der Waals surface area contributed by atoms with Crippen molar-refractivity contribution in [3.05, 3.63) is 96.1 Å². The Kier molecular flexibility index (Phi) is 6.64. The molecule has 0 radical (unpaired) electrons.